The van der Waals surface area contributed by atoms with Gasteiger partial charge in [-0.25, -0.2) is 0 Å². The van der Waals surface area contributed by atoms with Gasteiger partial charge < -0.3 is 15.4 Å². The summed E-state index contributed by atoms with van der Waals surface area (Å²) in [5.41, 5.74) is 7.78. The van der Waals surface area contributed by atoms with Gasteiger partial charge in [-0.2, -0.15) is 5.10 Å². The number of likely N-dealkylation sites (N-methyl/N-ethyl adjacent to an activating group) is 1. The lowest BCUT2D eigenvalue weighted by molar-refractivity contribution is 0.117. The van der Waals surface area contributed by atoms with Crippen LogP contribution in [0.15, 0.2) is 6.20 Å². The normalized spacial score (nSPS) is 19.5. The van der Waals surface area contributed by atoms with E-state index in [9.17, 15) is 0 Å². The molecule has 0 aromatic carbocycles. The highest BCUT2D eigenvalue weighted by Crippen LogP contribution is 2.44. The molecule has 1 aliphatic rings. The van der Waals surface area contributed by atoms with Crippen molar-refractivity contribution in [1.82, 2.24) is 14.7 Å². The van der Waals surface area contributed by atoms with Gasteiger partial charge in [-0.15, -0.1) is 0 Å². The Morgan fingerprint density at radius 1 is 1.45 bits per heavy atom. The number of aryl methyl sites for hydroxylation is 1. The molecule has 0 amide bonds. The minimum Gasteiger partial charge on any atom is -0.493 e. The molecule has 1 atom stereocenters. The van der Waals surface area contributed by atoms with Crippen molar-refractivity contribution in [1.29, 1.82) is 0 Å². The largest absolute Gasteiger partial charge is 0.493 e. The molecule has 1 fully saturated rings. The maximum absolute atomic E-state index is 6.71. The lowest BCUT2D eigenvalue weighted by atomic mass is 9.85. The van der Waals surface area contributed by atoms with E-state index in [4.69, 9.17) is 10.5 Å². The molecule has 0 aliphatic heterocycles. The second-order valence-electron chi connectivity index (χ2n) is 6.00. The molecule has 1 unspecified atom stereocenters. The number of methoxy groups -OCH3 is 1. The summed E-state index contributed by atoms with van der Waals surface area (Å²) < 4.78 is 7.52. The van der Waals surface area contributed by atoms with Crippen LogP contribution in [0.5, 0.6) is 5.75 Å². The van der Waals surface area contributed by atoms with Crippen molar-refractivity contribution in [3.8, 4) is 5.75 Å². The minimum atomic E-state index is -0.0657. The van der Waals surface area contributed by atoms with Crippen LogP contribution >= 0.6 is 0 Å². The first-order chi connectivity index (χ1) is 9.56. The molecular weight excluding hydrogens is 252 g/mol. The van der Waals surface area contributed by atoms with Gasteiger partial charge in [-0.1, -0.05) is 19.8 Å². The molecule has 1 aromatic rings. The molecule has 0 saturated heterocycles. The van der Waals surface area contributed by atoms with Gasteiger partial charge in [0, 0.05) is 12.1 Å². The van der Waals surface area contributed by atoms with Crippen LogP contribution in [0, 0.1) is 0 Å². The fourth-order valence-corrected chi connectivity index (χ4v) is 3.52. The van der Waals surface area contributed by atoms with E-state index >= 15 is 0 Å². The number of rotatable bonds is 6. The van der Waals surface area contributed by atoms with Gasteiger partial charge in [0.1, 0.15) is 0 Å². The molecule has 1 aromatic heterocycles. The summed E-state index contributed by atoms with van der Waals surface area (Å²) in [5.74, 6) is 0.819. The average Bonchev–Trinajstić information content (AvgIpc) is 3.05. The zero-order valence-electron chi connectivity index (χ0n) is 13.2. The van der Waals surface area contributed by atoms with E-state index < -0.39 is 0 Å². The second-order valence-corrected chi connectivity index (χ2v) is 6.00. The maximum atomic E-state index is 6.71. The zero-order valence-corrected chi connectivity index (χ0v) is 13.2. The average molecular weight is 280 g/mol. The summed E-state index contributed by atoms with van der Waals surface area (Å²) in [6.45, 7) is 3.04. The van der Waals surface area contributed by atoms with Gasteiger partial charge in [-0.3, -0.25) is 4.68 Å². The van der Waals surface area contributed by atoms with Crippen LogP contribution in [-0.2, 0) is 6.54 Å². The van der Waals surface area contributed by atoms with Gasteiger partial charge >= 0.3 is 0 Å². The van der Waals surface area contributed by atoms with E-state index in [-0.39, 0.29) is 11.6 Å². The summed E-state index contributed by atoms with van der Waals surface area (Å²) in [6, 6.07) is -0.0657. The Morgan fingerprint density at radius 3 is 2.60 bits per heavy atom. The van der Waals surface area contributed by atoms with Crippen molar-refractivity contribution in [3.63, 3.8) is 0 Å². The van der Waals surface area contributed by atoms with Gasteiger partial charge in [0.15, 0.2) is 5.75 Å². The second kappa shape index (κ2) is 6.14. The van der Waals surface area contributed by atoms with Crippen molar-refractivity contribution in [3.05, 3.63) is 11.9 Å². The molecule has 20 heavy (non-hydrogen) atoms. The molecule has 1 heterocycles. The highest BCUT2D eigenvalue weighted by molar-refractivity contribution is 5.31. The van der Waals surface area contributed by atoms with Crippen molar-refractivity contribution in [2.45, 2.75) is 57.2 Å². The predicted molar refractivity (Wildman–Crippen MR) is 80.9 cm³/mol. The first-order valence-corrected chi connectivity index (χ1v) is 7.59. The van der Waals surface area contributed by atoms with E-state index in [1.165, 1.54) is 12.8 Å². The molecule has 2 rings (SSSR count). The van der Waals surface area contributed by atoms with Crippen molar-refractivity contribution >= 4 is 0 Å². The van der Waals surface area contributed by atoms with E-state index in [0.717, 1.165) is 37.3 Å². The SMILES string of the molecule is CCCn1ncc(OC)c1C(N)C1(N(C)C)CCCC1. The third-order valence-electron chi connectivity index (χ3n) is 4.73. The molecule has 0 bridgehead atoms. The number of aromatic nitrogens is 2. The molecule has 1 aliphatic carbocycles. The molecule has 0 radical (unpaired) electrons. The number of nitrogens with two attached hydrogens (primary N) is 1. The summed E-state index contributed by atoms with van der Waals surface area (Å²) >= 11 is 0. The Bertz CT molecular complexity index is 435. The van der Waals surface area contributed by atoms with Crippen LogP contribution in [0.3, 0.4) is 0 Å². The van der Waals surface area contributed by atoms with Gasteiger partial charge in [-0.05, 0) is 33.4 Å². The van der Waals surface area contributed by atoms with E-state index in [1.807, 2.05) is 4.68 Å². The quantitative estimate of drug-likeness (QED) is 0.867. The molecule has 5 nitrogen and oxygen atoms in total. The van der Waals surface area contributed by atoms with Crippen LogP contribution in [-0.4, -0.2) is 41.4 Å². The van der Waals surface area contributed by atoms with E-state index in [2.05, 4.69) is 31.0 Å². The highest BCUT2D eigenvalue weighted by Gasteiger charge is 2.44. The Kier molecular flexibility index (Phi) is 4.70. The predicted octanol–water partition coefficient (Wildman–Crippen LogP) is 2.18. The van der Waals surface area contributed by atoms with E-state index in [1.54, 1.807) is 13.3 Å². The molecule has 2 N–H and O–H groups in total. The van der Waals surface area contributed by atoms with Crippen LogP contribution in [0.2, 0.25) is 0 Å². The standard InChI is InChI=1S/C15H28N4O/c1-5-10-19-13(12(20-4)11-17-19)14(16)15(18(2)3)8-6-7-9-15/h11,14H,5-10,16H2,1-4H3. The molecule has 114 valence electrons. The number of ether oxygens (including phenoxy) is 1. The first kappa shape index (κ1) is 15.3. The van der Waals surface area contributed by atoms with Gasteiger partial charge in [0.05, 0.1) is 25.0 Å². The van der Waals surface area contributed by atoms with Crippen LogP contribution in [0.4, 0.5) is 0 Å². The molecule has 5 heteroatoms. The lowest BCUT2D eigenvalue weighted by Crippen LogP contribution is -2.51. The first-order valence-electron chi connectivity index (χ1n) is 7.59. The summed E-state index contributed by atoms with van der Waals surface area (Å²) in [5, 5.41) is 4.45. The fourth-order valence-electron chi connectivity index (χ4n) is 3.52. The molecule has 1 saturated carbocycles. The zero-order chi connectivity index (χ0) is 14.8. The summed E-state index contributed by atoms with van der Waals surface area (Å²) in [4.78, 5) is 2.30. The van der Waals surface area contributed by atoms with Crippen LogP contribution in [0.1, 0.15) is 50.8 Å². The summed E-state index contributed by atoms with van der Waals surface area (Å²) in [7, 11) is 5.97. The monoisotopic (exact) mass is 280 g/mol. The smallest absolute Gasteiger partial charge is 0.161 e. The Hall–Kier alpha value is -1.07. The fraction of sp³-hybridized carbons (Fsp3) is 0.800. The molecule has 0 spiro atoms. The van der Waals surface area contributed by atoms with Crippen molar-refractivity contribution in [2.75, 3.05) is 21.2 Å². The Labute approximate surface area is 122 Å². The van der Waals surface area contributed by atoms with Gasteiger partial charge in [0.2, 0.25) is 0 Å². The topological polar surface area (TPSA) is 56.3 Å². The Balaban J connectivity index is 2.40. The van der Waals surface area contributed by atoms with Crippen LogP contribution in [0.25, 0.3) is 0 Å². The molecular formula is C15H28N4O. The Morgan fingerprint density at radius 2 is 2.10 bits per heavy atom. The van der Waals surface area contributed by atoms with Gasteiger partial charge in [0.25, 0.3) is 0 Å². The van der Waals surface area contributed by atoms with Crippen molar-refractivity contribution < 1.29 is 4.74 Å². The highest BCUT2D eigenvalue weighted by atomic mass is 16.5. The lowest BCUT2D eigenvalue weighted by Gasteiger charge is -2.41. The van der Waals surface area contributed by atoms with E-state index in [0.29, 0.717) is 0 Å². The number of hydrogen-bond acceptors (Lipinski definition) is 4. The minimum absolute atomic E-state index is 0.0266. The van der Waals surface area contributed by atoms with Crippen molar-refractivity contribution in [2.24, 2.45) is 5.73 Å². The maximum Gasteiger partial charge on any atom is 0.161 e. The van der Waals surface area contributed by atoms with Crippen LogP contribution < -0.4 is 10.5 Å². The number of hydrogen-bond donors (Lipinski definition) is 1. The third-order valence-corrected chi connectivity index (χ3v) is 4.73. The summed E-state index contributed by atoms with van der Waals surface area (Å²) in [6.07, 6.45) is 7.61. The third kappa shape index (κ3) is 2.44. The number of nitrogens with zero attached hydrogens (tertiary/aromatic N) is 3.